The van der Waals surface area contributed by atoms with Gasteiger partial charge in [-0.2, -0.15) is 0 Å². The molecule has 1 heteroatoms. The number of benzene rings is 1. The van der Waals surface area contributed by atoms with E-state index >= 15 is 0 Å². The Hall–Kier alpha value is -0.820. The van der Waals surface area contributed by atoms with Crippen molar-refractivity contribution >= 4 is 0 Å². The molecule has 0 saturated heterocycles. The molecule has 0 spiro atoms. The number of rotatable bonds is 6. The van der Waals surface area contributed by atoms with E-state index in [1.165, 1.54) is 23.1 Å². The Bertz CT molecular complexity index is 424. The molecule has 1 aromatic rings. The van der Waals surface area contributed by atoms with Crippen molar-refractivity contribution in [1.29, 1.82) is 0 Å². The quantitative estimate of drug-likeness (QED) is 0.781. The molecule has 1 N–H and O–H groups in total. The molecule has 0 bridgehead atoms. The highest BCUT2D eigenvalue weighted by atomic mass is 14.9. The average Bonchev–Trinajstić information content (AvgIpc) is 2.36. The van der Waals surface area contributed by atoms with Gasteiger partial charge in [-0.3, -0.25) is 0 Å². The van der Waals surface area contributed by atoms with Crippen molar-refractivity contribution in [2.45, 2.75) is 78.7 Å². The SMILES string of the molecule is CCc1ccc(C(C)(C)CCNC(C)(C)C)cc1CC. The Balaban J connectivity index is 2.81. The van der Waals surface area contributed by atoms with Crippen LogP contribution >= 0.6 is 0 Å². The zero-order valence-corrected chi connectivity index (χ0v) is 14.6. The number of hydrogen-bond acceptors (Lipinski definition) is 1. The van der Waals surface area contributed by atoms with Crippen LogP contribution in [0.25, 0.3) is 0 Å². The fourth-order valence-corrected chi connectivity index (χ4v) is 2.62. The average molecular weight is 275 g/mol. The van der Waals surface area contributed by atoms with Crippen LogP contribution in [0.4, 0.5) is 0 Å². The van der Waals surface area contributed by atoms with E-state index in [1.807, 2.05) is 0 Å². The second kappa shape index (κ2) is 6.76. The smallest absolute Gasteiger partial charge is 0.00965 e. The molecule has 20 heavy (non-hydrogen) atoms. The highest BCUT2D eigenvalue weighted by molar-refractivity contribution is 5.35. The largest absolute Gasteiger partial charge is 0.312 e. The summed E-state index contributed by atoms with van der Waals surface area (Å²) in [5, 5.41) is 3.60. The zero-order chi connectivity index (χ0) is 15.4. The summed E-state index contributed by atoms with van der Waals surface area (Å²) in [6, 6.07) is 7.08. The van der Waals surface area contributed by atoms with Gasteiger partial charge in [-0.15, -0.1) is 0 Å². The van der Waals surface area contributed by atoms with Crippen molar-refractivity contribution in [2.24, 2.45) is 0 Å². The molecule has 0 aromatic heterocycles. The predicted molar refractivity (Wildman–Crippen MR) is 90.6 cm³/mol. The van der Waals surface area contributed by atoms with Crippen molar-refractivity contribution in [3.63, 3.8) is 0 Å². The molecule has 114 valence electrons. The molecule has 0 amide bonds. The predicted octanol–water partition coefficient (Wildman–Crippen LogP) is 4.87. The Morgan fingerprint density at radius 3 is 2.00 bits per heavy atom. The van der Waals surface area contributed by atoms with Gasteiger partial charge in [-0.1, -0.05) is 45.9 Å². The summed E-state index contributed by atoms with van der Waals surface area (Å²) in [5.41, 5.74) is 4.93. The molecule has 0 fully saturated rings. The summed E-state index contributed by atoms with van der Waals surface area (Å²) in [7, 11) is 0. The van der Waals surface area contributed by atoms with Crippen LogP contribution in [0.3, 0.4) is 0 Å². The van der Waals surface area contributed by atoms with E-state index in [1.54, 1.807) is 0 Å². The molecular weight excluding hydrogens is 242 g/mol. The first-order valence-corrected chi connectivity index (χ1v) is 8.07. The van der Waals surface area contributed by atoms with Gasteiger partial charge in [0.25, 0.3) is 0 Å². The van der Waals surface area contributed by atoms with Crippen LogP contribution in [0.2, 0.25) is 0 Å². The van der Waals surface area contributed by atoms with Crippen molar-refractivity contribution in [2.75, 3.05) is 6.54 Å². The normalized spacial score (nSPS) is 12.8. The molecule has 0 atom stereocenters. The Labute approximate surface area is 126 Å². The van der Waals surface area contributed by atoms with E-state index in [9.17, 15) is 0 Å². The van der Waals surface area contributed by atoms with E-state index in [-0.39, 0.29) is 11.0 Å². The Morgan fingerprint density at radius 2 is 1.50 bits per heavy atom. The highest BCUT2D eigenvalue weighted by Crippen LogP contribution is 2.29. The second-order valence-corrected chi connectivity index (χ2v) is 7.50. The maximum Gasteiger partial charge on any atom is 0.00965 e. The van der Waals surface area contributed by atoms with Gasteiger partial charge in [0.15, 0.2) is 0 Å². The Kier molecular flexibility index (Phi) is 5.82. The lowest BCUT2D eigenvalue weighted by Gasteiger charge is -2.29. The van der Waals surface area contributed by atoms with Crippen LogP contribution in [-0.2, 0) is 18.3 Å². The summed E-state index contributed by atoms with van der Waals surface area (Å²) >= 11 is 0. The van der Waals surface area contributed by atoms with Gasteiger partial charge in [0.2, 0.25) is 0 Å². The molecule has 1 rings (SSSR count). The van der Waals surface area contributed by atoms with Gasteiger partial charge >= 0.3 is 0 Å². The third-order valence-corrected chi connectivity index (χ3v) is 4.15. The van der Waals surface area contributed by atoms with Gasteiger partial charge in [-0.25, -0.2) is 0 Å². The van der Waals surface area contributed by atoms with Crippen LogP contribution in [0, 0.1) is 0 Å². The number of aryl methyl sites for hydroxylation is 2. The molecule has 0 saturated carbocycles. The van der Waals surface area contributed by atoms with Gasteiger partial charge < -0.3 is 5.32 Å². The second-order valence-electron chi connectivity index (χ2n) is 7.50. The standard InChI is InChI=1S/C19H33N/c1-8-15-10-11-17(14-16(15)9-2)19(6,7)12-13-20-18(3,4)5/h10-11,14,20H,8-9,12-13H2,1-7H3. The molecule has 0 aliphatic rings. The topological polar surface area (TPSA) is 12.0 Å². The molecule has 0 aliphatic carbocycles. The van der Waals surface area contributed by atoms with Crippen molar-refractivity contribution in [3.8, 4) is 0 Å². The van der Waals surface area contributed by atoms with Crippen LogP contribution in [0.5, 0.6) is 0 Å². The lowest BCUT2D eigenvalue weighted by molar-refractivity contribution is 0.379. The summed E-state index contributed by atoms with van der Waals surface area (Å²) in [6.07, 6.45) is 3.43. The molecule has 0 aliphatic heterocycles. The summed E-state index contributed by atoms with van der Waals surface area (Å²) < 4.78 is 0. The molecule has 0 unspecified atom stereocenters. The zero-order valence-electron chi connectivity index (χ0n) is 14.6. The first kappa shape index (κ1) is 17.2. The van der Waals surface area contributed by atoms with Gasteiger partial charge in [0.05, 0.1) is 0 Å². The van der Waals surface area contributed by atoms with E-state index in [4.69, 9.17) is 0 Å². The molecule has 0 heterocycles. The van der Waals surface area contributed by atoms with E-state index < -0.39 is 0 Å². The number of nitrogens with one attached hydrogen (secondary N) is 1. The van der Waals surface area contributed by atoms with Crippen LogP contribution < -0.4 is 5.32 Å². The lowest BCUT2D eigenvalue weighted by Crippen LogP contribution is -2.38. The van der Waals surface area contributed by atoms with Gasteiger partial charge in [0, 0.05) is 5.54 Å². The van der Waals surface area contributed by atoms with Crippen molar-refractivity contribution in [1.82, 2.24) is 5.32 Å². The van der Waals surface area contributed by atoms with E-state index in [0.29, 0.717) is 0 Å². The van der Waals surface area contributed by atoms with Crippen LogP contribution in [0.1, 0.15) is 71.6 Å². The fourth-order valence-electron chi connectivity index (χ4n) is 2.62. The molecular formula is C19H33N. The molecule has 1 nitrogen and oxygen atoms in total. The van der Waals surface area contributed by atoms with Gasteiger partial charge in [0.1, 0.15) is 0 Å². The summed E-state index contributed by atoms with van der Waals surface area (Å²) in [5.74, 6) is 0. The Morgan fingerprint density at radius 1 is 0.900 bits per heavy atom. The van der Waals surface area contributed by atoms with Crippen LogP contribution in [0.15, 0.2) is 18.2 Å². The molecule has 1 aromatic carbocycles. The summed E-state index contributed by atoms with van der Waals surface area (Å²) in [4.78, 5) is 0. The maximum atomic E-state index is 3.60. The van der Waals surface area contributed by atoms with Crippen molar-refractivity contribution in [3.05, 3.63) is 34.9 Å². The third-order valence-electron chi connectivity index (χ3n) is 4.15. The molecule has 0 radical (unpaired) electrons. The minimum absolute atomic E-state index is 0.205. The summed E-state index contributed by atoms with van der Waals surface area (Å²) in [6.45, 7) is 17.0. The fraction of sp³-hybridized carbons (Fsp3) is 0.684. The first-order valence-electron chi connectivity index (χ1n) is 8.07. The lowest BCUT2D eigenvalue weighted by atomic mass is 9.80. The highest BCUT2D eigenvalue weighted by Gasteiger charge is 2.22. The monoisotopic (exact) mass is 275 g/mol. The first-order chi connectivity index (χ1) is 9.19. The minimum Gasteiger partial charge on any atom is -0.312 e. The maximum absolute atomic E-state index is 3.60. The van der Waals surface area contributed by atoms with Crippen LogP contribution in [-0.4, -0.2) is 12.1 Å². The van der Waals surface area contributed by atoms with Crippen molar-refractivity contribution < 1.29 is 0 Å². The van der Waals surface area contributed by atoms with E-state index in [0.717, 1.165) is 19.4 Å². The van der Waals surface area contributed by atoms with Gasteiger partial charge in [-0.05, 0) is 68.7 Å². The number of hydrogen-bond donors (Lipinski definition) is 1. The minimum atomic E-state index is 0.205. The van der Waals surface area contributed by atoms with E-state index in [2.05, 4.69) is 72.0 Å². The third kappa shape index (κ3) is 4.94.